The highest BCUT2D eigenvalue weighted by Gasteiger charge is 2.24. The zero-order chi connectivity index (χ0) is 21.2. The van der Waals surface area contributed by atoms with Crippen LogP contribution >= 0.6 is 0 Å². The van der Waals surface area contributed by atoms with Crippen LogP contribution in [0.5, 0.6) is 5.75 Å². The van der Waals surface area contributed by atoms with Crippen LogP contribution < -0.4 is 10.1 Å². The molecule has 7 heteroatoms. The molecule has 0 aliphatic carbocycles. The number of hydrogen-bond acceptors (Lipinski definition) is 4. The summed E-state index contributed by atoms with van der Waals surface area (Å²) in [6.07, 6.45) is 3.55. The third kappa shape index (κ3) is 6.90. The van der Waals surface area contributed by atoms with Gasteiger partial charge in [0.05, 0.1) is 13.1 Å². The second-order valence-electron chi connectivity index (χ2n) is 8.14. The van der Waals surface area contributed by atoms with Gasteiger partial charge in [0.2, 0.25) is 5.91 Å². The number of benzene rings is 1. The number of piperazine rings is 1. The highest BCUT2D eigenvalue weighted by Crippen LogP contribution is 2.12. The Balaban J connectivity index is 1.46. The van der Waals surface area contributed by atoms with E-state index in [1.165, 1.54) is 6.42 Å². The van der Waals surface area contributed by atoms with Gasteiger partial charge in [-0.2, -0.15) is 0 Å². The molecule has 1 atom stereocenters. The molecule has 2 saturated heterocycles. The Bertz CT molecular complexity index is 667. The van der Waals surface area contributed by atoms with Crippen molar-refractivity contribution in [2.45, 2.75) is 39.2 Å². The SMILES string of the molecule is CCNC(=NCC(C)Oc1ccccc1)N1CCN(CC(=O)N2CCCCC2)CC1. The molecule has 0 radical (unpaired) electrons. The molecule has 30 heavy (non-hydrogen) atoms. The van der Waals surface area contributed by atoms with Crippen molar-refractivity contribution in [1.29, 1.82) is 0 Å². The van der Waals surface area contributed by atoms with Crippen LogP contribution in [0.3, 0.4) is 0 Å². The number of hydrogen-bond donors (Lipinski definition) is 1. The largest absolute Gasteiger partial charge is 0.489 e. The van der Waals surface area contributed by atoms with E-state index in [4.69, 9.17) is 9.73 Å². The van der Waals surface area contributed by atoms with Crippen LogP contribution in [0.15, 0.2) is 35.3 Å². The third-order valence-electron chi connectivity index (χ3n) is 5.65. The van der Waals surface area contributed by atoms with E-state index in [0.29, 0.717) is 13.1 Å². The molecule has 1 N–H and O–H groups in total. The maximum Gasteiger partial charge on any atom is 0.236 e. The van der Waals surface area contributed by atoms with E-state index in [1.807, 2.05) is 42.2 Å². The molecule has 2 aliphatic rings. The maximum atomic E-state index is 12.5. The van der Waals surface area contributed by atoms with Crippen molar-refractivity contribution in [3.63, 3.8) is 0 Å². The molecule has 0 spiro atoms. The summed E-state index contributed by atoms with van der Waals surface area (Å²) in [7, 11) is 0. The van der Waals surface area contributed by atoms with Gasteiger partial charge in [-0.3, -0.25) is 9.69 Å². The van der Waals surface area contributed by atoms with Crippen molar-refractivity contribution < 1.29 is 9.53 Å². The normalized spacial score (nSPS) is 19.5. The van der Waals surface area contributed by atoms with Crippen molar-refractivity contribution in [2.75, 3.05) is 58.9 Å². The minimum Gasteiger partial charge on any atom is -0.489 e. The molecule has 7 nitrogen and oxygen atoms in total. The molecule has 0 aromatic heterocycles. The van der Waals surface area contributed by atoms with E-state index >= 15 is 0 Å². The zero-order valence-electron chi connectivity index (χ0n) is 18.6. The molecule has 1 aromatic rings. The Hall–Kier alpha value is -2.28. The summed E-state index contributed by atoms with van der Waals surface area (Å²) < 4.78 is 5.94. The number of para-hydroxylation sites is 1. The number of rotatable bonds is 7. The van der Waals surface area contributed by atoms with Gasteiger partial charge in [-0.05, 0) is 45.2 Å². The molecule has 1 amide bonds. The number of nitrogens with one attached hydrogen (secondary N) is 1. The summed E-state index contributed by atoms with van der Waals surface area (Å²) in [5, 5.41) is 3.41. The van der Waals surface area contributed by atoms with Crippen molar-refractivity contribution >= 4 is 11.9 Å². The van der Waals surface area contributed by atoms with Crippen LogP contribution in [-0.2, 0) is 4.79 Å². The molecule has 2 heterocycles. The molecule has 0 bridgehead atoms. The number of likely N-dealkylation sites (tertiary alicyclic amines) is 1. The monoisotopic (exact) mass is 415 g/mol. The first-order valence-electron chi connectivity index (χ1n) is 11.4. The van der Waals surface area contributed by atoms with E-state index in [9.17, 15) is 4.79 Å². The standard InChI is InChI=1S/C23H37N5O2/c1-3-24-23(25-18-20(2)30-21-10-6-4-7-11-21)28-16-14-26(15-17-28)19-22(29)27-12-8-5-9-13-27/h4,6-7,10-11,20H,3,5,8-9,12-19H2,1-2H3,(H,24,25). The number of guanidine groups is 1. The van der Waals surface area contributed by atoms with Gasteiger partial charge in [-0.25, -0.2) is 4.99 Å². The maximum absolute atomic E-state index is 12.5. The summed E-state index contributed by atoms with van der Waals surface area (Å²) in [6.45, 7) is 11.5. The number of amides is 1. The smallest absolute Gasteiger partial charge is 0.236 e. The molecule has 0 saturated carbocycles. The van der Waals surface area contributed by atoms with E-state index in [0.717, 1.165) is 70.4 Å². The number of piperidine rings is 1. The fourth-order valence-electron chi connectivity index (χ4n) is 3.96. The molecular weight excluding hydrogens is 378 g/mol. The number of nitrogens with zero attached hydrogens (tertiary/aromatic N) is 4. The van der Waals surface area contributed by atoms with Crippen LogP contribution in [0.1, 0.15) is 33.1 Å². The molecule has 3 rings (SSSR count). The molecule has 166 valence electrons. The molecule has 2 fully saturated rings. The van der Waals surface area contributed by atoms with Crippen LogP contribution in [0, 0.1) is 0 Å². The average molecular weight is 416 g/mol. The lowest BCUT2D eigenvalue weighted by Gasteiger charge is -2.37. The van der Waals surface area contributed by atoms with Gasteiger partial charge in [0, 0.05) is 45.8 Å². The first-order chi connectivity index (χ1) is 14.7. The van der Waals surface area contributed by atoms with Crippen LogP contribution in [0.25, 0.3) is 0 Å². The fourth-order valence-corrected chi connectivity index (χ4v) is 3.96. The summed E-state index contributed by atoms with van der Waals surface area (Å²) in [5.74, 6) is 2.09. The Morgan fingerprint density at radius 3 is 2.40 bits per heavy atom. The van der Waals surface area contributed by atoms with Gasteiger partial charge in [-0.1, -0.05) is 18.2 Å². The van der Waals surface area contributed by atoms with Gasteiger partial charge in [0.15, 0.2) is 5.96 Å². The topological polar surface area (TPSA) is 60.4 Å². The van der Waals surface area contributed by atoms with E-state index < -0.39 is 0 Å². The Morgan fingerprint density at radius 2 is 1.73 bits per heavy atom. The lowest BCUT2D eigenvalue weighted by atomic mass is 10.1. The summed E-state index contributed by atoms with van der Waals surface area (Å²) in [5.41, 5.74) is 0. The minimum atomic E-state index is 0.00418. The minimum absolute atomic E-state index is 0.00418. The van der Waals surface area contributed by atoms with Crippen molar-refractivity contribution in [3.8, 4) is 5.75 Å². The summed E-state index contributed by atoms with van der Waals surface area (Å²) in [6, 6.07) is 9.88. The van der Waals surface area contributed by atoms with Gasteiger partial charge in [-0.15, -0.1) is 0 Å². The number of ether oxygens (including phenoxy) is 1. The van der Waals surface area contributed by atoms with Gasteiger partial charge >= 0.3 is 0 Å². The summed E-state index contributed by atoms with van der Waals surface area (Å²) >= 11 is 0. The lowest BCUT2D eigenvalue weighted by molar-refractivity contribution is -0.133. The van der Waals surface area contributed by atoms with Crippen LogP contribution in [-0.4, -0.2) is 91.6 Å². The van der Waals surface area contributed by atoms with Gasteiger partial charge in [0.25, 0.3) is 0 Å². The number of carbonyl (C=O) groups is 1. The van der Waals surface area contributed by atoms with E-state index in [1.54, 1.807) is 0 Å². The zero-order valence-corrected chi connectivity index (χ0v) is 18.6. The lowest BCUT2D eigenvalue weighted by Crippen LogP contribution is -2.54. The third-order valence-corrected chi connectivity index (χ3v) is 5.65. The molecule has 1 unspecified atom stereocenters. The van der Waals surface area contributed by atoms with Crippen molar-refractivity contribution in [2.24, 2.45) is 4.99 Å². The van der Waals surface area contributed by atoms with Crippen LogP contribution in [0.2, 0.25) is 0 Å². The average Bonchev–Trinajstić information content (AvgIpc) is 2.78. The van der Waals surface area contributed by atoms with Crippen LogP contribution in [0.4, 0.5) is 0 Å². The number of carbonyl (C=O) groups excluding carboxylic acids is 1. The predicted octanol–water partition coefficient (Wildman–Crippen LogP) is 2.05. The molecule has 2 aliphatic heterocycles. The van der Waals surface area contributed by atoms with Crippen molar-refractivity contribution in [3.05, 3.63) is 30.3 Å². The predicted molar refractivity (Wildman–Crippen MR) is 121 cm³/mol. The van der Waals surface area contributed by atoms with Gasteiger partial charge < -0.3 is 19.9 Å². The highest BCUT2D eigenvalue weighted by molar-refractivity contribution is 5.80. The Kier molecular flexibility index (Phi) is 8.81. The first-order valence-corrected chi connectivity index (χ1v) is 11.4. The van der Waals surface area contributed by atoms with E-state index in [2.05, 4.69) is 22.0 Å². The molecule has 1 aromatic carbocycles. The summed E-state index contributed by atoms with van der Waals surface area (Å²) in [4.78, 5) is 23.9. The fraction of sp³-hybridized carbons (Fsp3) is 0.652. The Labute approximate surface area is 181 Å². The van der Waals surface area contributed by atoms with E-state index in [-0.39, 0.29) is 12.0 Å². The quantitative estimate of drug-likeness (QED) is 0.546. The molecular formula is C23H37N5O2. The van der Waals surface area contributed by atoms with Gasteiger partial charge in [0.1, 0.15) is 11.9 Å². The highest BCUT2D eigenvalue weighted by atomic mass is 16.5. The van der Waals surface area contributed by atoms with Crippen molar-refractivity contribution in [1.82, 2.24) is 20.0 Å². The Morgan fingerprint density at radius 1 is 1.03 bits per heavy atom. The second-order valence-corrected chi connectivity index (χ2v) is 8.14. The number of aliphatic imine (C=N–C) groups is 1. The first kappa shape index (κ1) is 22.4. The second kappa shape index (κ2) is 11.8.